The number of sulfonamides is 1. The summed E-state index contributed by atoms with van der Waals surface area (Å²) in [6.45, 7) is 1.92. The molecule has 1 heterocycles. The first-order chi connectivity index (χ1) is 13.0. The zero-order valence-corrected chi connectivity index (χ0v) is 16.4. The van der Waals surface area contributed by atoms with E-state index in [2.05, 4.69) is 0 Å². The highest BCUT2D eigenvalue weighted by molar-refractivity contribution is 7.89. The van der Waals surface area contributed by atoms with Crippen LogP contribution < -0.4 is 0 Å². The Hall–Kier alpha value is -2.14. The predicted octanol–water partition coefficient (Wildman–Crippen LogP) is 4.61. The molecule has 0 bridgehead atoms. The second-order valence-corrected chi connectivity index (χ2v) is 9.62. The monoisotopic (exact) mass is 383 g/mol. The molecule has 2 aromatic carbocycles. The first-order valence-corrected chi connectivity index (χ1v) is 11.1. The summed E-state index contributed by atoms with van der Waals surface area (Å²) in [4.78, 5) is 13.5. The average Bonchev–Trinajstić information content (AvgIpc) is 2.94. The Morgan fingerprint density at radius 2 is 1.48 bits per heavy atom. The maximum absolute atomic E-state index is 13.3. The van der Waals surface area contributed by atoms with Crippen molar-refractivity contribution in [3.05, 3.63) is 65.7 Å². The highest BCUT2D eigenvalue weighted by atomic mass is 32.2. The first-order valence-electron chi connectivity index (χ1n) is 9.67. The van der Waals surface area contributed by atoms with Crippen molar-refractivity contribution in [2.24, 2.45) is 5.41 Å². The van der Waals surface area contributed by atoms with Gasteiger partial charge in [-0.15, -0.1) is 0 Å². The molecule has 142 valence electrons. The summed E-state index contributed by atoms with van der Waals surface area (Å²) in [5.74, 6) is -0.223. The minimum atomic E-state index is -3.87. The lowest BCUT2D eigenvalue weighted by Gasteiger charge is -2.55. The Bertz CT molecular complexity index is 927. The van der Waals surface area contributed by atoms with Crippen LogP contribution in [0.2, 0.25) is 0 Å². The Morgan fingerprint density at radius 1 is 0.889 bits per heavy atom. The predicted molar refractivity (Wildman–Crippen MR) is 105 cm³/mol. The van der Waals surface area contributed by atoms with Crippen LogP contribution in [-0.2, 0) is 14.8 Å². The van der Waals surface area contributed by atoms with Crippen LogP contribution in [0.4, 0.5) is 0 Å². The molecule has 1 aliphatic heterocycles. The van der Waals surface area contributed by atoms with E-state index in [1.807, 2.05) is 37.3 Å². The van der Waals surface area contributed by atoms with Crippen LogP contribution in [0.1, 0.15) is 55.7 Å². The average molecular weight is 384 g/mol. The van der Waals surface area contributed by atoms with Gasteiger partial charge in [0.15, 0.2) is 0 Å². The van der Waals surface area contributed by atoms with Gasteiger partial charge in [0.25, 0.3) is 10.0 Å². The molecule has 27 heavy (non-hydrogen) atoms. The summed E-state index contributed by atoms with van der Waals surface area (Å²) >= 11 is 0. The lowest BCUT2D eigenvalue weighted by atomic mass is 9.65. The van der Waals surface area contributed by atoms with E-state index in [-0.39, 0.29) is 10.8 Å². The molecule has 1 aliphatic carbocycles. The van der Waals surface area contributed by atoms with Crippen molar-refractivity contribution in [2.75, 3.05) is 0 Å². The van der Waals surface area contributed by atoms with Crippen molar-refractivity contribution < 1.29 is 13.2 Å². The van der Waals surface area contributed by atoms with Gasteiger partial charge >= 0.3 is 0 Å². The standard InChI is InChI=1S/C22H25NO3S/c1-17-11-13-19(14-12-17)27(25,26)23-20(18-9-5-4-6-10-18)22(21(23)24)15-7-2-3-8-16-22/h4-6,9-14,20H,2-3,7-8,15-16H2,1H3/t20-/m1/s1. The molecule has 0 radical (unpaired) electrons. The van der Waals surface area contributed by atoms with Gasteiger partial charge in [0.05, 0.1) is 16.4 Å². The fourth-order valence-corrected chi connectivity index (χ4v) is 6.33. The molecule has 0 unspecified atom stereocenters. The summed E-state index contributed by atoms with van der Waals surface area (Å²) in [6.07, 6.45) is 5.72. The molecule has 2 aliphatic rings. The van der Waals surface area contributed by atoms with Crippen molar-refractivity contribution in [3.63, 3.8) is 0 Å². The number of hydrogen-bond donors (Lipinski definition) is 0. The number of carbonyl (C=O) groups is 1. The van der Waals surface area contributed by atoms with E-state index >= 15 is 0 Å². The van der Waals surface area contributed by atoms with Gasteiger partial charge in [-0.3, -0.25) is 4.79 Å². The lowest BCUT2D eigenvalue weighted by Crippen LogP contribution is -2.64. The first kappa shape index (κ1) is 18.2. The van der Waals surface area contributed by atoms with E-state index in [0.717, 1.165) is 54.0 Å². The Morgan fingerprint density at radius 3 is 2.07 bits per heavy atom. The number of carbonyl (C=O) groups excluding carboxylic acids is 1. The van der Waals surface area contributed by atoms with Gasteiger partial charge in [-0.2, -0.15) is 0 Å². The molecule has 1 saturated carbocycles. The van der Waals surface area contributed by atoms with Crippen molar-refractivity contribution in [3.8, 4) is 0 Å². The molecule has 1 atom stereocenters. The third-order valence-corrected chi connectivity index (χ3v) is 7.84. The summed E-state index contributed by atoms with van der Waals surface area (Å²) in [6, 6.07) is 16.0. The van der Waals surface area contributed by atoms with Gasteiger partial charge in [-0.1, -0.05) is 73.7 Å². The second kappa shape index (κ2) is 6.79. The fourth-order valence-electron chi connectivity index (χ4n) is 4.62. The minimum absolute atomic E-state index is 0.186. The third kappa shape index (κ3) is 2.89. The molecule has 1 saturated heterocycles. The molecular weight excluding hydrogens is 358 g/mol. The van der Waals surface area contributed by atoms with Gasteiger partial charge < -0.3 is 0 Å². The van der Waals surface area contributed by atoms with E-state index in [1.54, 1.807) is 24.3 Å². The van der Waals surface area contributed by atoms with Crippen molar-refractivity contribution >= 4 is 15.9 Å². The molecule has 4 nitrogen and oxygen atoms in total. The van der Waals surface area contributed by atoms with Gasteiger partial charge in [-0.05, 0) is 37.5 Å². The molecule has 0 aromatic heterocycles. The maximum atomic E-state index is 13.3. The Balaban J connectivity index is 1.80. The summed E-state index contributed by atoms with van der Waals surface area (Å²) in [7, 11) is -3.87. The van der Waals surface area contributed by atoms with Crippen LogP contribution in [-0.4, -0.2) is 18.6 Å². The fraction of sp³-hybridized carbons (Fsp3) is 0.409. The molecule has 1 amide bonds. The number of β-lactam (4-membered cyclic amide) rings is 1. The topological polar surface area (TPSA) is 54.5 Å². The summed E-state index contributed by atoms with van der Waals surface area (Å²) in [5.41, 5.74) is 1.33. The van der Waals surface area contributed by atoms with Gasteiger partial charge in [-0.25, -0.2) is 12.7 Å². The Labute approximate surface area is 161 Å². The van der Waals surface area contributed by atoms with Crippen LogP contribution in [0, 0.1) is 12.3 Å². The van der Waals surface area contributed by atoms with Crippen LogP contribution in [0.3, 0.4) is 0 Å². The smallest absolute Gasteiger partial charge is 0.267 e. The molecule has 0 N–H and O–H groups in total. The number of amides is 1. The van der Waals surface area contributed by atoms with Crippen LogP contribution in [0.15, 0.2) is 59.5 Å². The molecule has 5 heteroatoms. The van der Waals surface area contributed by atoms with E-state index in [0.29, 0.717) is 0 Å². The number of hydrogen-bond acceptors (Lipinski definition) is 3. The number of rotatable bonds is 3. The minimum Gasteiger partial charge on any atom is -0.273 e. The lowest BCUT2D eigenvalue weighted by molar-refractivity contribution is -0.163. The van der Waals surface area contributed by atoms with Gasteiger partial charge in [0.2, 0.25) is 5.91 Å². The molecule has 2 fully saturated rings. The third-order valence-electron chi connectivity index (χ3n) is 6.07. The van der Waals surface area contributed by atoms with Crippen molar-refractivity contribution in [2.45, 2.75) is 56.4 Å². The normalized spacial score (nSPS) is 22.3. The molecule has 2 aromatic rings. The van der Waals surface area contributed by atoms with E-state index < -0.39 is 21.5 Å². The largest absolute Gasteiger partial charge is 0.273 e. The van der Waals surface area contributed by atoms with Crippen molar-refractivity contribution in [1.82, 2.24) is 4.31 Å². The summed E-state index contributed by atoms with van der Waals surface area (Å²) < 4.78 is 27.8. The SMILES string of the molecule is Cc1ccc(S(=O)(=O)N2C(=O)C3(CCCCCC3)[C@H]2c2ccccc2)cc1. The van der Waals surface area contributed by atoms with Crippen molar-refractivity contribution in [1.29, 1.82) is 0 Å². The van der Waals surface area contributed by atoms with E-state index in [1.165, 1.54) is 0 Å². The zero-order valence-electron chi connectivity index (χ0n) is 15.6. The molecule has 1 spiro atoms. The van der Waals surface area contributed by atoms with Crippen LogP contribution in [0.5, 0.6) is 0 Å². The van der Waals surface area contributed by atoms with Gasteiger partial charge in [0.1, 0.15) is 0 Å². The molecular formula is C22H25NO3S. The number of nitrogens with zero attached hydrogens (tertiary/aromatic N) is 1. The molecule has 4 rings (SSSR count). The number of aryl methyl sites for hydroxylation is 1. The highest BCUT2D eigenvalue weighted by Crippen LogP contribution is 2.58. The van der Waals surface area contributed by atoms with Crippen LogP contribution >= 0.6 is 0 Å². The quantitative estimate of drug-likeness (QED) is 0.728. The van der Waals surface area contributed by atoms with Crippen LogP contribution in [0.25, 0.3) is 0 Å². The zero-order chi connectivity index (χ0) is 19.1. The highest BCUT2D eigenvalue weighted by Gasteiger charge is 2.64. The summed E-state index contributed by atoms with van der Waals surface area (Å²) in [5, 5.41) is 0. The second-order valence-electron chi connectivity index (χ2n) is 7.80. The van der Waals surface area contributed by atoms with Gasteiger partial charge in [0, 0.05) is 0 Å². The van der Waals surface area contributed by atoms with E-state index in [4.69, 9.17) is 0 Å². The van der Waals surface area contributed by atoms with E-state index in [9.17, 15) is 13.2 Å². The Kier molecular flexibility index (Phi) is 4.58. The maximum Gasteiger partial charge on any atom is 0.267 e. The number of benzene rings is 2.